The SMILES string of the molecule is COc1ccccc1Cc1n[nH]c(Cn2nc(-c3ccc(Cl)cc3)n(C[C@@H](O)C(F)(F)F)c2=O)n1. The molecule has 4 rings (SSSR count). The molecule has 0 saturated carbocycles. The van der Waals surface area contributed by atoms with Crippen LogP contribution in [0.2, 0.25) is 5.02 Å². The second-order valence-corrected chi connectivity index (χ2v) is 8.06. The number of benzene rings is 2. The predicted octanol–water partition coefficient (Wildman–Crippen LogP) is 3.05. The van der Waals surface area contributed by atoms with E-state index >= 15 is 0 Å². The topological polar surface area (TPSA) is 111 Å². The van der Waals surface area contributed by atoms with Gasteiger partial charge >= 0.3 is 11.9 Å². The highest BCUT2D eigenvalue weighted by Crippen LogP contribution is 2.24. The van der Waals surface area contributed by atoms with Crippen LogP contribution in [0.3, 0.4) is 0 Å². The number of ether oxygens (including phenoxy) is 1. The first-order chi connectivity index (χ1) is 16.7. The Hall–Kier alpha value is -3.64. The van der Waals surface area contributed by atoms with E-state index in [1.54, 1.807) is 7.11 Å². The van der Waals surface area contributed by atoms with Crippen LogP contribution in [0.25, 0.3) is 11.4 Å². The second kappa shape index (κ2) is 9.92. The molecule has 9 nitrogen and oxygen atoms in total. The molecule has 0 amide bonds. The van der Waals surface area contributed by atoms with Crippen LogP contribution in [-0.4, -0.2) is 54.0 Å². The number of rotatable bonds is 8. The number of nitrogens with one attached hydrogen (secondary N) is 1. The average molecular weight is 509 g/mol. The zero-order valence-electron chi connectivity index (χ0n) is 18.3. The fourth-order valence-corrected chi connectivity index (χ4v) is 3.57. The number of aliphatic hydroxyl groups excluding tert-OH is 1. The quantitative estimate of drug-likeness (QED) is 0.378. The fraction of sp³-hybridized carbons (Fsp3) is 0.273. The molecule has 184 valence electrons. The highest BCUT2D eigenvalue weighted by Gasteiger charge is 2.39. The van der Waals surface area contributed by atoms with Gasteiger partial charge < -0.3 is 9.84 Å². The lowest BCUT2D eigenvalue weighted by Gasteiger charge is -2.15. The van der Waals surface area contributed by atoms with Crippen LogP contribution in [0.1, 0.15) is 17.2 Å². The number of H-pyrrole nitrogens is 1. The van der Waals surface area contributed by atoms with Crippen molar-refractivity contribution >= 4 is 11.6 Å². The Morgan fingerprint density at radius 1 is 1.17 bits per heavy atom. The van der Waals surface area contributed by atoms with Gasteiger partial charge in [-0.15, -0.1) is 5.10 Å². The number of para-hydroxylation sites is 1. The van der Waals surface area contributed by atoms with Gasteiger partial charge in [0.25, 0.3) is 0 Å². The molecular formula is C22H20ClF3N6O3. The molecule has 0 saturated heterocycles. The lowest BCUT2D eigenvalue weighted by atomic mass is 10.1. The predicted molar refractivity (Wildman–Crippen MR) is 120 cm³/mol. The molecule has 0 unspecified atom stereocenters. The minimum atomic E-state index is -4.91. The number of halogens is 4. The molecule has 2 N–H and O–H groups in total. The average Bonchev–Trinajstić information content (AvgIpc) is 3.39. The van der Waals surface area contributed by atoms with Gasteiger partial charge in [0.15, 0.2) is 17.8 Å². The standard InChI is InChI=1S/C22H20ClF3N6O3/c1-35-16-5-3-2-4-14(16)10-18-27-19(29-28-18)12-32-21(34)31(11-17(33)22(24,25)26)20(30-32)13-6-8-15(23)9-7-13/h2-9,17,33H,10-12H2,1H3,(H,27,28,29)/t17-/m1/s1. The molecule has 0 spiro atoms. The summed E-state index contributed by atoms with van der Waals surface area (Å²) in [5, 5.41) is 21.1. The number of hydrogen-bond acceptors (Lipinski definition) is 6. The first kappa shape index (κ1) is 24.5. The molecule has 13 heteroatoms. The second-order valence-electron chi connectivity index (χ2n) is 7.63. The van der Waals surface area contributed by atoms with E-state index in [1.165, 1.54) is 24.3 Å². The van der Waals surface area contributed by atoms with Gasteiger partial charge in [0, 0.05) is 22.6 Å². The third-order valence-corrected chi connectivity index (χ3v) is 5.43. The lowest BCUT2D eigenvalue weighted by Crippen LogP contribution is -2.37. The molecule has 0 aliphatic rings. The Labute approximate surface area is 201 Å². The van der Waals surface area contributed by atoms with Gasteiger partial charge in [-0.2, -0.15) is 18.3 Å². The Morgan fingerprint density at radius 3 is 2.57 bits per heavy atom. The van der Waals surface area contributed by atoms with E-state index in [2.05, 4.69) is 20.3 Å². The van der Waals surface area contributed by atoms with Gasteiger partial charge in [-0.05, 0) is 30.3 Å². The van der Waals surface area contributed by atoms with Gasteiger partial charge in [-0.1, -0.05) is 29.8 Å². The molecule has 0 aliphatic carbocycles. The number of hydrogen-bond donors (Lipinski definition) is 2. The van der Waals surface area contributed by atoms with E-state index in [0.29, 0.717) is 28.6 Å². The van der Waals surface area contributed by atoms with E-state index < -0.39 is 24.5 Å². The Bertz CT molecular complexity index is 1360. The van der Waals surface area contributed by atoms with E-state index in [-0.39, 0.29) is 18.2 Å². The van der Waals surface area contributed by atoms with Crippen molar-refractivity contribution in [3.05, 3.63) is 81.3 Å². The molecule has 0 fully saturated rings. The van der Waals surface area contributed by atoms with Gasteiger partial charge in [-0.25, -0.2) is 14.5 Å². The van der Waals surface area contributed by atoms with Crippen LogP contribution in [-0.2, 0) is 19.5 Å². The molecule has 35 heavy (non-hydrogen) atoms. The normalized spacial score (nSPS) is 12.6. The summed E-state index contributed by atoms with van der Waals surface area (Å²) in [4.78, 5) is 17.3. The Morgan fingerprint density at radius 2 is 1.89 bits per heavy atom. The van der Waals surface area contributed by atoms with Crippen LogP contribution in [0.15, 0.2) is 53.3 Å². The number of nitrogens with zero attached hydrogens (tertiary/aromatic N) is 5. The van der Waals surface area contributed by atoms with Crippen molar-refractivity contribution in [2.24, 2.45) is 0 Å². The Balaban J connectivity index is 1.63. The minimum absolute atomic E-state index is 0.0521. The van der Waals surface area contributed by atoms with Crippen molar-refractivity contribution in [2.45, 2.75) is 31.8 Å². The molecule has 2 aromatic heterocycles. The summed E-state index contributed by atoms with van der Waals surface area (Å²) in [6.45, 7) is -1.19. The summed E-state index contributed by atoms with van der Waals surface area (Å²) in [5.41, 5.74) is 0.364. The number of alkyl halides is 3. The van der Waals surface area contributed by atoms with Gasteiger partial charge in [-0.3, -0.25) is 9.67 Å². The molecule has 0 bridgehead atoms. The van der Waals surface area contributed by atoms with E-state index in [0.717, 1.165) is 14.8 Å². The highest BCUT2D eigenvalue weighted by atomic mass is 35.5. The maximum Gasteiger partial charge on any atom is 0.416 e. The maximum atomic E-state index is 13.0. The van der Waals surface area contributed by atoms with E-state index in [4.69, 9.17) is 16.3 Å². The number of aromatic nitrogens is 6. The number of aliphatic hydroxyl groups is 1. The summed E-state index contributed by atoms with van der Waals surface area (Å²) in [6.07, 6.45) is -7.30. The molecule has 4 aromatic rings. The summed E-state index contributed by atoms with van der Waals surface area (Å²) in [7, 11) is 1.55. The highest BCUT2D eigenvalue weighted by molar-refractivity contribution is 6.30. The zero-order chi connectivity index (χ0) is 25.2. The zero-order valence-corrected chi connectivity index (χ0v) is 19.1. The Kier molecular flexibility index (Phi) is 6.94. The fourth-order valence-electron chi connectivity index (χ4n) is 3.44. The van der Waals surface area contributed by atoms with Gasteiger partial charge in [0.2, 0.25) is 0 Å². The van der Waals surface area contributed by atoms with E-state index in [1.807, 2.05) is 24.3 Å². The van der Waals surface area contributed by atoms with Crippen molar-refractivity contribution < 1.29 is 23.0 Å². The van der Waals surface area contributed by atoms with E-state index in [9.17, 15) is 23.1 Å². The molecule has 2 aromatic carbocycles. The first-order valence-corrected chi connectivity index (χ1v) is 10.7. The first-order valence-electron chi connectivity index (χ1n) is 10.4. The molecule has 1 atom stereocenters. The van der Waals surface area contributed by atoms with Crippen LogP contribution in [0, 0.1) is 0 Å². The van der Waals surface area contributed by atoms with Crippen LogP contribution >= 0.6 is 11.6 Å². The van der Waals surface area contributed by atoms with Crippen molar-refractivity contribution in [1.82, 2.24) is 29.5 Å². The number of methoxy groups -OCH3 is 1. The third kappa shape index (κ3) is 5.54. The van der Waals surface area contributed by atoms with Crippen molar-refractivity contribution in [3.8, 4) is 17.1 Å². The maximum absolute atomic E-state index is 13.0. The third-order valence-electron chi connectivity index (χ3n) is 5.18. The molecule has 0 radical (unpaired) electrons. The van der Waals surface area contributed by atoms with Gasteiger partial charge in [0.05, 0.1) is 13.7 Å². The smallest absolute Gasteiger partial charge is 0.416 e. The van der Waals surface area contributed by atoms with Crippen LogP contribution < -0.4 is 10.4 Å². The minimum Gasteiger partial charge on any atom is -0.496 e. The van der Waals surface area contributed by atoms with Crippen molar-refractivity contribution in [1.29, 1.82) is 0 Å². The van der Waals surface area contributed by atoms with Crippen molar-refractivity contribution in [3.63, 3.8) is 0 Å². The summed E-state index contributed by atoms with van der Waals surface area (Å²) >= 11 is 5.90. The largest absolute Gasteiger partial charge is 0.496 e. The van der Waals surface area contributed by atoms with Crippen molar-refractivity contribution in [2.75, 3.05) is 7.11 Å². The van der Waals surface area contributed by atoms with Crippen LogP contribution in [0.5, 0.6) is 5.75 Å². The summed E-state index contributed by atoms with van der Waals surface area (Å²) in [5.74, 6) is 1.33. The summed E-state index contributed by atoms with van der Waals surface area (Å²) in [6, 6.07) is 13.4. The van der Waals surface area contributed by atoms with Gasteiger partial charge in [0.1, 0.15) is 18.1 Å². The molecular weight excluding hydrogens is 489 g/mol. The molecule has 2 heterocycles. The monoisotopic (exact) mass is 508 g/mol. The summed E-state index contributed by atoms with van der Waals surface area (Å²) < 4.78 is 46.1. The lowest BCUT2D eigenvalue weighted by molar-refractivity contribution is -0.207. The molecule has 0 aliphatic heterocycles. The van der Waals surface area contributed by atoms with Crippen LogP contribution in [0.4, 0.5) is 13.2 Å². The number of aromatic amines is 1.